The van der Waals surface area contributed by atoms with Crippen molar-refractivity contribution >= 4 is 17.6 Å². The highest BCUT2D eigenvalue weighted by Crippen LogP contribution is 2.20. The van der Waals surface area contributed by atoms with E-state index < -0.39 is 5.97 Å². The van der Waals surface area contributed by atoms with Crippen molar-refractivity contribution in [1.29, 1.82) is 0 Å². The summed E-state index contributed by atoms with van der Waals surface area (Å²) < 4.78 is 0. The second-order valence-corrected chi connectivity index (χ2v) is 5.35. The number of piperidine rings is 1. The maximum absolute atomic E-state index is 12.3. The smallest absolute Gasteiger partial charge is 0.306 e. The lowest BCUT2D eigenvalue weighted by Crippen LogP contribution is -2.40. The van der Waals surface area contributed by atoms with Gasteiger partial charge in [0, 0.05) is 38.4 Å². The molecule has 108 valence electrons. The van der Waals surface area contributed by atoms with Gasteiger partial charge in [-0.3, -0.25) is 9.59 Å². The first-order valence-electron chi connectivity index (χ1n) is 6.78. The van der Waals surface area contributed by atoms with Crippen LogP contribution in [0.25, 0.3) is 0 Å². The lowest BCUT2D eigenvalue weighted by molar-refractivity contribution is -0.143. The standard InChI is InChI=1S/C15H20N2O3/c1-16(2)13-5-3-11(4-6-13)14(18)17-9-7-12(8-10-17)15(19)20/h3-6,12H,7-10H2,1-2H3,(H,19,20). The molecule has 1 fully saturated rings. The quantitative estimate of drug-likeness (QED) is 0.912. The van der Waals surface area contributed by atoms with E-state index in [0.29, 0.717) is 31.5 Å². The largest absolute Gasteiger partial charge is 0.481 e. The Kier molecular flexibility index (Phi) is 4.27. The van der Waals surface area contributed by atoms with Crippen molar-refractivity contribution in [3.8, 4) is 0 Å². The van der Waals surface area contributed by atoms with Crippen LogP contribution in [0.3, 0.4) is 0 Å². The van der Waals surface area contributed by atoms with Crippen LogP contribution in [0.15, 0.2) is 24.3 Å². The third-order valence-electron chi connectivity index (χ3n) is 3.76. The molecule has 1 aromatic carbocycles. The van der Waals surface area contributed by atoms with Gasteiger partial charge in [-0.2, -0.15) is 0 Å². The molecule has 1 saturated heterocycles. The zero-order valence-corrected chi connectivity index (χ0v) is 11.9. The van der Waals surface area contributed by atoms with Crippen LogP contribution in [0.1, 0.15) is 23.2 Å². The lowest BCUT2D eigenvalue weighted by Gasteiger charge is -2.30. The minimum atomic E-state index is -0.757. The summed E-state index contributed by atoms with van der Waals surface area (Å²) in [6.07, 6.45) is 1.08. The fourth-order valence-electron chi connectivity index (χ4n) is 2.41. The highest BCUT2D eigenvalue weighted by Gasteiger charge is 2.27. The summed E-state index contributed by atoms with van der Waals surface area (Å²) in [6, 6.07) is 7.47. The number of likely N-dealkylation sites (tertiary alicyclic amines) is 1. The van der Waals surface area contributed by atoms with Gasteiger partial charge in [-0.1, -0.05) is 0 Å². The van der Waals surface area contributed by atoms with Crippen LogP contribution in [0.5, 0.6) is 0 Å². The number of amides is 1. The first kappa shape index (κ1) is 14.4. The van der Waals surface area contributed by atoms with E-state index in [2.05, 4.69) is 0 Å². The summed E-state index contributed by atoms with van der Waals surface area (Å²) in [4.78, 5) is 26.9. The first-order valence-corrected chi connectivity index (χ1v) is 6.78. The summed E-state index contributed by atoms with van der Waals surface area (Å²) in [5, 5.41) is 8.95. The number of nitrogens with zero attached hydrogens (tertiary/aromatic N) is 2. The van der Waals surface area contributed by atoms with Gasteiger partial charge in [0.2, 0.25) is 0 Å². The number of aliphatic carboxylic acids is 1. The first-order chi connectivity index (χ1) is 9.49. The summed E-state index contributed by atoms with van der Waals surface area (Å²) >= 11 is 0. The Balaban J connectivity index is 2.00. The van der Waals surface area contributed by atoms with Gasteiger partial charge in [-0.25, -0.2) is 0 Å². The third-order valence-corrected chi connectivity index (χ3v) is 3.76. The van der Waals surface area contributed by atoms with Crippen molar-refractivity contribution in [2.24, 2.45) is 5.92 Å². The normalized spacial score (nSPS) is 16.0. The van der Waals surface area contributed by atoms with E-state index in [1.807, 2.05) is 43.3 Å². The Morgan fingerprint density at radius 2 is 1.70 bits per heavy atom. The molecule has 1 heterocycles. The van der Waals surface area contributed by atoms with Crippen LogP contribution in [-0.2, 0) is 4.79 Å². The summed E-state index contributed by atoms with van der Waals surface area (Å²) in [5.41, 5.74) is 1.70. The van der Waals surface area contributed by atoms with Crippen molar-refractivity contribution in [3.63, 3.8) is 0 Å². The molecule has 0 unspecified atom stereocenters. The number of hydrogen-bond acceptors (Lipinski definition) is 3. The molecule has 2 rings (SSSR count). The summed E-state index contributed by atoms with van der Waals surface area (Å²) in [7, 11) is 3.90. The fourth-order valence-corrected chi connectivity index (χ4v) is 2.41. The van der Waals surface area contributed by atoms with E-state index >= 15 is 0 Å². The number of rotatable bonds is 3. The van der Waals surface area contributed by atoms with Crippen LogP contribution in [-0.4, -0.2) is 49.1 Å². The molecule has 1 aromatic rings. The molecule has 5 nitrogen and oxygen atoms in total. The molecule has 0 saturated carbocycles. The highest BCUT2D eigenvalue weighted by molar-refractivity contribution is 5.94. The van der Waals surface area contributed by atoms with Gasteiger partial charge in [0.15, 0.2) is 0 Å². The zero-order chi connectivity index (χ0) is 14.7. The molecule has 1 amide bonds. The molecule has 1 aliphatic rings. The Hall–Kier alpha value is -2.04. The fraction of sp³-hybridized carbons (Fsp3) is 0.467. The van der Waals surface area contributed by atoms with Crippen molar-refractivity contribution in [2.75, 3.05) is 32.1 Å². The van der Waals surface area contributed by atoms with Gasteiger partial charge in [-0.15, -0.1) is 0 Å². The Labute approximate surface area is 118 Å². The van der Waals surface area contributed by atoms with Crippen LogP contribution >= 0.6 is 0 Å². The van der Waals surface area contributed by atoms with Gasteiger partial charge in [0.05, 0.1) is 5.92 Å². The number of anilines is 1. The van der Waals surface area contributed by atoms with Gasteiger partial charge in [0.25, 0.3) is 5.91 Å². The molecule has 1 aliphatic heterocycles. The molecular weight excluding hydrogens is 256 g/mol. The molecule has 0 aliphatic carbocycles. The van der Waals surface area contributed by atoms with E-state index in [9.17, 15) is 9.59 Å². The number of hydrogen-bond donors (Lipinski definition) is 1. The molecule has 5 heteroatoms. The predicted molar refractivity (Wildman–Crippen MR) is 77.0 cm³/mol. The minimum Gasteiger partial charge on any atom is -0.481 e. The number of benzene rings is 1. The van der Waals surface area contributed by atoms with E-state index in [-0.39, 0.29) is 11.8 Å². The Bertz CT molecular complexity index is 488. The molecular formula is C15H20N2O3. The molecule has 0 aromatic heterocycles. The average molecular weight is 276 g/mol. The zero-order valence-electron chi connectivity index (χ0n) is 11.9. The number of carboxylic acids is 1. The Morgan fingerprint density at radius 3 is 2.15 bits per heavy atom. The van der Waals surface area contributed by atoms with E-state index in [1.54, 1.807) is 4.90 Å². The highest BCUT2D eigenvalue weighted by atomic mass is 16.4. The molecule has 1 N–H and O–H groups in total. The summed E-state index contributed by atoms with van der Waals surface area (Å²) in [5.74, 6) is -1.08. The number of carboxylic acid groups (broad SMARTS) is 1. The van der Waals surface area contributed by atoms with Crippen molar-refractivity contribution < 1.29 is 14.7 Å². The van der Waals surface area contributed by atoms with Crippen LogP contribution in [0.4, 0.5) is 5.69 Å². The second-order valence-electron chi connectivity index (χ2n) is 5.35. The van der Waals surface area contributed by atoms with Crippen LogP contribution < -0.4 is 4.90 Å². The Morgan fingerprint density at radius 1 is 1.15 bits per heavy atom. The van der Waals surface area contributed by atoms with Gasteiger partial charge in [0.1, 0.15) is 0 Å². The molecule has 0 atom stereocenters. The number of carbonyl (C=O) groups is 2. The molecule has 0 spiro atoms. The average Bonchev–Trinajstić information content (AvgIpc) is 2.46. The van der Waals surface area contributed by atoms with Gasteiger partial charge < -0.3 is 14.9 Å². The minimum absolute atomic E-state index is 0.0147. The van der Waals surface area contributed by atoms with Crippen molar-refractivity contribution in [2.45, 2.75) is 12.8 Å². The maximum atomic E-state index is 12.3. The molecule has 0 radical (unpaired) electrons. The summed E-state index contributed by atoms with van der Waals surface area (Å²) in [6.45, 7) is 1.04. The lowest BCUT2D eigenvalue weighted by atomic mass is 9.96. The van der Waals surface area contributed by atoms with E-state index in [0.717, 1.165) is 5.69 Å². The van der Waals surface area contributed by atoms with Crippen LogP contribution in [0, 0.1) is 5.92 Å². The predicted octanol–water partition coefficient (Wildman–Crippen LogP) is 1.69. The third kappa shape index (κ3) is 3.10. The van der Waals surface area contributed by atoms with E-state index in [4.69, 9.17) is 5.11 Å². The molecule has 0 bridgehead atoms. The van der Waals surface area contributed by atoms with Crippen molar-refractivity contribution in [1.82, 2.24) is 4.90 Å². The SMILES string of the molecule is CN(C)c1ccc(C(=O)N2CCC(C(=O)O)CC2)cc1. The maximum Gasteiger partial charge on any atom is 0.306 e. The second kappa shape index (κ2) is 5.94. The number of carbonyl (C=O) groups excluding carboxylic acids is 1. The monoisotopic (exact) mass is 276 g/mol. The van der Waals surface area contributed by atoms with Gasteiger partial charge >= 0.3 is 5.97 Å². The van der Waals surface area contributed by atoms with Crippen molar-refractivity contribution in [3.05, 3.63) is 29.8 Å². The van der Waals surface area contributed by atoms with E-state index in [1.165, 1.54) is 0 Å². The van der Waals surface area contributed by atoms with Crippen LogP contribution in [0.2, 0.25) is 0 Å². The topological polar surface area (TPSA) is 60.9 Å². The molecule has 20 heavy (non-hydrogen) atoms. The van der Waals surface area contributed by atoms with Gasteiger partial charge in [-0.05, 0) is 37.1 Å².